The van der Waals surface area contributed by atoms with Crippen LogP contribution in [-0.4, -0.2) is 42.5 Å². The molecule has 0 atom stereocenters. The van der Waals surface area contributed by atoms with Gasteiger partial charge in [-0.05, 0) is 30.3 Å². The third-order valence-corrected chi connectivity index (χ3v) is 5.05. The van der Waals surface area contributed by atoms with Crippen LogP contribution in [0.25, 0.3) is 10.6 Å². The molecule has 29 heavy (non-hydrogen) atoms. The number of carbonyl (C=O) groups is 2. The average molecular weight is 414 g/mol. The van der Waals surface area contributed by atoms with Crippen molar-refractivity contribution in [1.82, 2.24) is 9.88 Å². The van der Waals surface area contributed by atoms with Crippen molar-refractivity contribution in [2.24, 2.45) is 0 Å². The van der Waals surface area contributed by atoms with E-state index in [1.807, 2.05) is 24.3 Å². The van der Waals surface area contributed by atoms with Crippen molar-refractivity contribution in [3.05, 3.63) is 71.0 Å². The second-order valence-electron chi connectivity index (χ2n) is 6.18. The van der Waals surface area contributed by atoms with Crippen LogP contribution in [0.2, 0.25) is 0 Å². The summed E-state index contributed by atoms with van der Waals surface area (Å²) in [5.74, 6) is -0.701. The largest absolute Gasteiger partial charge is 0.496 e. The van der Waals surface area contributed by atoms with E-state index in [9.17, 15) is 14.0 Å². The molecule has 3 aromatic rings. The van der Waals surface area contributed by atoms with Crippen LogP contribution in [0.5, 0.6) is 5.75 Å². The van der Waals surface area contributed by atoms with Crippen LogP contribution in [0.4, 0.5) is 4.39 Å². The minimum atomic E-state index is -0.686. The van der Waals surface area contributed by atoms with E-state index in [4.69, 9.17) is 9.47 Å². The van der Waals surface area contributed by atoms with E-state index in [0.29, 0.717) is 22.9 Å². The molecule has 0 aliphatic rings. The highest BCUT2D eigenvalue weighted by molar-refractivity contribution is 7.13. The molecule has 0 unspecified atom stereocenters. The number of methoxy groups -OCH3 is 1. The fourth-order valence-corrected chi connectivity index (χ4v) is 3.38. The number of para-hydroxylation sites is 1. The van der Waals surface area contributed by atoms with Crippen molar-refractivity contribution in [3.8, 4) is 16.3 Å². The Hall–Kier alpha value is -3.26. The number of thiazole rings is 1. The van der Waals surface area contributed by atoms with Gasteiger partial charge in [0.1, 0.15) is 16.6 Å². The van der Waals surface area contributed by atoms with Crippen molar-refractivity contribution in [2.45, 2.75) is 6.54 Å². The molecule has 0 fully saturated rings. The zero-order valence-corrected chi connectivity index (χ0v) is 16.7. The molecule has 0 spiro atoms. The SMILES string of the molecule is COc1ccccc1CN(C)C(=O)COC(=O)c1csc(-c2ccc(F)cc2)n1. The Morgan fingerprint density at radius 2 is 1.86 bits per heavy atom. The number of rotatable bonds is 7. The van der Waals surface area contributed by atoms with Gasteiger partial charge in [-0.2, -0.15) is 0 Å². The van der Waals surface area contributed by atoms with Crippen LogP contribution in [0.15, 0.2) is 53.9 Å². The number of halogens is 1. The second-order valence-corrected chi connectivity index (χ2v) is 7.04. The number of hydrogen-bond donors (Lipinski definition) is 0. The predicted molar refractivity (Wildman–Crippen MR) is 107 cm³/mol. The van der Waals surface area contributed by atoms with Gasteiger partial charge in [-0.15, -0.1) is 11.3 Å². The Bertz CT molecular complexity index is 1000. The van der Waals surface area contributed by atoms with Crippen LogP contribution in [-0.2, 0) is 16.1 Å². The second kappa shape index (κ2) is 9.29. The minimum absolute atomic E-state index is 0.106. The van der Waals surface area contributed by atoms with Crippen LogP contribution >= 0.6 is 11.3 Å². The lowest BCUT2D eigenvalue weighted by atomic mass is 10.2. The summed E-state index contributed by atoms with van der Waals surface area (Å²) in [6.45, 7) is -0.0697. The number of nitrogens with zero attached hydrogens (tertiary/aromatic N) is 2. The molecule has 1 amide bonds. The smallest absolute Gasteiger partial charge is 0.358 e. The molecule has 0 radical (unpaired) electrons. The lowest BCUT2D eigenvalue weighted by molar-refractivity contribution is -0.133. The number of hydrogen-bond acceptors (Lipinski definition) is 6. The summed E-state index contributed by atoms with van der Waals surface area (Å²) in [6, 6.07) is 13.2. The predicted octanol–water partition coefficient (Wildman–Crippen LogP) is 3.77. The number of benzene rings is 2. The number of esters is 1. The molecule has 150 valence electrons. The van der Waals surface area contributed by atoms with Crippen LogP contribution < -0.4 is 4.74 Å². The van der Waals surface area contributed by atoms with Crippen molar-refractivity contribution >= 4 is 23.2 Å². The summed E-state index contributed by atoms with van der Waals surface area (Å²) in [7, 11) is 3.19. The first kappa shape index (κ1) is 20.5. The quantitative estimate of drug-likeness (QED) is 0.551. The molecule has 0 bridgehead atoms. The molecule has 2 aromatic carbocycles. The van der Waals surface area contributed by atoms with Gasteiger partial charge in [-0.3, -0.25) is 4.79 Å². The van der Waals surface area contributed by atoms with E-state index in [1.165, 1.54) is 28.4 Å². The number of carbonyl (C=O) groups excluding carboxylic acids is 2. The Morgan fingerprint density at radius 3 is 2.59 bits per heavy atom. The molecular formula is C21H19FN2O4S. The van der Waals surface area contributed by atoms with E-state index < -0.39 is 12.6 Å². The zero-order valence-electron chi connectivity index (χ0n) is 15.9. The topological polar surface area (TPSA) is 68.7 Å². The van der Waals surface area contributed by atoms with E-state index in [-0.39, 0.29) is 17.4 Å². The number of amides is 1. The lowest BCUT2D eigenvalue weighted by Gasteiger charge is -2.18. The van der Waals surface area contributed by atoms with Gasteiger partial charge in [0.25, 0.3) is 5.91 Å². The molecule has 1 heterocycles. The highest BCUT2D eigenvalue weighted by atomic mass is 32.1. The first-order valence-electron chi connectivity index (χ1n) is 8.72. The van der Waals surface area contributed by atoms with Gasteiger partial charge in [0.2, 0.25) is 0 Å². The van der Waals surface area contributed by atoms with E-state index in [1.54, 1.807) is 31.7 Å². The summed E-state index contributed by atoms with van der Waals surface area (Å²) >= 11 is 1.24. The van der Waals surface area contributed by atoms with Gasteiger partial charge in [-0.1, -0.05) is 18.2 Å². The zero-order chi connectivity index (χ0) is 20.8. The van der Waals surface area contributed by atoms with Gasteiger partial charge < -0.3 is 14.4 Å². The maximum Gasteiger partial charge on any atom is 0.358 e. The average Bonchev–Trinajstić information content (AvgIpc) is 3.23. The summed E-state index contributed by atoms with van der Waals surface area (Å²) in [5, 5.41) is 2.11. The van der Waals surface area contributed by atoms with Crippen LogP contribution in [0.1, 0.15) is 16.1 Å². The fourth-order valence-electron chi connectivity index (χ4n) is 2.58. The maximum atomic E-state index is 13.0. The third-order valence-electron chi connectivity index (χ3n) is 4.16. The number of likely N-dealkylation sites (N-methyl/N-ethyl adjacent to an activating group) is 1. The molecule has 6 nitrogen and oxygen atoms in total. The third kappa shape index (κ3) is 5.17. The molecule has 0 saturated heterocycles. The van der Waals surface area contributed by atoms with E-state index >= 15 is 0 Å². The summed E-state index contributed by atoms with van der Waals surface area (Å²) < 4.78 is 23.4. The lowest BCUT2D eigenvalue weighted by Crippen LogP contribution is -2.31. The van der Waals surface area contributed by atoms with Gasteiger partial charge in [0.05, 0.1) is 7.11 Å². The van der Waals surface area contributed by atoms with E-state index in [0.717, 1.165) is 5.56 Å². The van der Waals surface area contributed by atoms with Gasteiger partial charge >= 0.3 is 5.97 Å². The molecule has 3 rings (SSSR count). The number of aromatic nitrogens is 1. The standard InChI is InChI=1S/C21H19FN2O4S/c1-24(11-15-5-3-4-6-18(15)27-2)19(25)12-28-21(26)17-13-29-20(23-17)14-7-9-16(22)10-8-14/h3-10,13H,11-12H2,1-2H3. The summed E-state index contributed by atoms with van der Waals surface area (Å²) in [6.07, 6.45) is 0. The van der Waals surface area contributed by atoms with Crippen molar-refractivity contribution in [1.29, 1.82) is 0 Å². The highest BCUT2D eigenvalue weighted by Gasteiger charge is 2.17. The normalized spacial score (nSPS) is 10.4. The number of ether oxygens (including phenoxy) is 2. The highest BCUT2D eigenvalue weighted by Crippen LogP contribution is 2.24. The maximum absolute atomic E-state index is 13.0. The molecule has 1 aromatic heterocycles. The molecular weight excluding hydrogens is 395 g/mol. The first-order valence-corrected chi connectivity index (χ1v) is 9.60. The summed E-state index contributed by atoms with van der Waals surface area (Å²) in [4.78, 5) is 30.2. The fraction of sp³-hybridized carbons (Fsp3) is 0.190. The van der Waals surface area contributed by atoms with Gasteiger partial charge in [-0.25, -0.2) is 14.2 Å². The molecule has 0 aliphatic heterocycles. The minimum Gasteiger partial charge on any atom is -0.496 e. The Kier molecular flexibility index (Phi) is 6.56. The summed E-state index contributed by atoms with van der Waals surface area (Å²) in [5.41, 5.74) is 1.65. The molecule has 0 saturated carbocycles. The van der Waals surface area contributed by atoms with Gasteiger partial charge in [0, 0.05) is 30.1 Å². The monoisotopic (exact) mass is 414 g/mol. The van der Waals surface area contributed by atoms with E-state index in [2.05, 4.69) is 4.98 Å². The Labute approximate surface area is 171 Å². The van der Waals surface area contributed by atoms with Crippen molar-refractivity contribution in [2.75, 3.05) is 20.8 Å². The van der Waals surface area contributed by atoms with Gasteiger partial charge in [0.15, 0.2) is 12.3 Å². The van der Waals surface area contributed by atoms with Crippen molar-refractivity contribution < 1.29 is 23.5 Å². The van der Waals surface area contributed by atoms with Crippen LogP contribution in [0.3, 0.4) is 0 Å². The Morgan fingerprint density at radius 1 is 1.14 bits per heavy atom. The molecule has 0 N–H and O–H groups in total. The van der Waals surface area contributed by atoms with Crippen molar-refractivity contribution in [3.63, 3.8) is 0 Å². The Balaban J connectivity index is 1.56. The first-order chi connectivity index (χ1) is 14.0. The van der Waals surface area contributed by atoms with Crippen LogP contribution in [0, 0.1) is 5.82 Å². The molecule has 0 aliphatic carbocycles. The molecule has 8 heteroatoms.